The summed E-state index contributed by atoms with van der Waals surface area (Å²) >= 11 is 0. The van der Waals surface area contributed by atoms with Crippen LogP contribution in [0.2, 0.25) is 0 Å². The van der Waals surface area contributed by atoms with Gasteiger partial charge in [-0.15, -0.1) is 0 Å². The molecule has 0 aliphatic carbocycles. The summed E-state index contributed by atoms with van der Waals surface area (Å²) in [6.07, 6.45) is 1.63. The van der Waals surface area contributed by atoms with Crippen LogP contribution in [-0.2, 0) is 19.6 Å². The predicted molar refractivity (Wildman–Crippen MR) is 80.0 cm³/mol. The predicted octanol–water partition coefficient (Wildman–Crippen LogP) is -0.439. The second-order valence-corrected chi connectivity index (χ2v) is 7.48. The number of hydrogen-bond acceptors (Lipinski definition) is 4. The molecule has 0 spiro atoms. The summed E-state index contributed by atoms with van der Waals surface area (Å²) in [6.45, 7) is 7.52. The molecule has 0 aromatic carbocycles. The monoisotopic (exact) mass is 317 g/mol. The van der Waals surface area contributed by atoms with Crippen LogP contribution in [0, 0.1) is 0 Å². The Labute approximate surface area is 126 Å². The molecule has 0 aromatic heterocycles. The molecule has 0 aromatic rings. The van der Waals surface area contributed by atoms with E-state index in [1.807, 2.05) is 0 Å². The van der Waals surface area contributed by atoms with Crippen molar-refractivity contribution in [2.45, 2.75) is 25.8 Å². The van der Waals surface area contributed by atoms with Crippen LogP contribution in [0.25, 0.3) is 0 Å². The smallest absolute Gasteiger partial charge is 0.246 e. The van der Waals surface area contributed by atoms with Crippen LogP contribution in [0.15, 0.2) is 12.7 Å². The van der Waals surface area contributed by atoms with Gasteiger partial charge in [0.05, 0.1) is 17.8 Å². The lowest BCUT2D eigenvalue weighted by Crippen LogP contribution is -2.51. The molecule has 1 aliphatic heterocycles. The molecule has 0 bridgehead atoms. The summed E-state index contributed by atoms with van der Waals surface area (Å²) < 4.78 is 24.8. The molecule has 1 rings (SSSR count). The Morgan fingerprint density at radius 2 is 2.10 bits per heavy atom. The topological polar surface area (TPSA) is 86.8 Å². The molecular formula is C13H23N3O4S. The third-order valence-electron chi connectivity index (χ3n) is 3.94. The largest absolute Gasteiger partial charge is 0.353 e. The molecular weight excluding hydrogens is 294 g/mol. The molecule has 1 saturated heterocycles. The van der Waals surface area contributed by atoms with E-state index in [1.54, 1.807) is 13.8 Å². The second kappa shape index (κ2) is 6.57. The van der Waals surface area contributed by atoms with E-state index in [0.717, 1.165) is 6.08 Å². The van der Waals surface area contributed by atoms with Gasteiger partial charge in [0.25, 0.3) is 0 Å². The number of nitrogens with zero attached hydrogens (tertiary/aromatic N) is 2. The Balaban J connectivity index is 2.57. The third kappa shape index (κ3) is 4.04. The van der Waals surface area contributed by atoms with E-state index in [9.17, 15) is 18.0 Å². The lowest BCUT2D eigenvalue weighted by Gasteiger charge is -2.31. The summed E-state index contributed by atoms with van der Waals surface area (Å²) in [5.41, 5.74) is -0.617. The molecule has 1 unspecified atom stereocenters. The summed E-state index contributed by atoms with van der Waals surface area (Å²) in [5.74, 6) is -0.531. The molecule has 7 nitrogen and oxygen atoms in total. The first kappa shape index (κ1) is 17.6. The zero-order valence-electron chi connectivity index (χ0n) is 12.8. The third-order valence-corrected chi connectivity index (χ3v) is 5.94. The van der Waals surface area contributed by atoms with Gasteiger partial charge in [-0.1, -0.05) is 6.58 Å². The lowest BCUT2D eigenvalue weighted by molar-refractivity contribution is -0.132. The van der Waals surface area contributed by atoms with E-state index in [0.29, 0.717) is 13.0 Å². The fourth-order valence-corrected chi connectivity index (χ4v) is 3.97. The van der Waals surface area contributed by atoms with E-state index in [1.165, 1.54) is 16.3 Å². The van der Waals surface area contributed by atoms with E-state index in [-0.39, 0.29) is 30.7 Å². The minimum Gasteiger partial charge on any atom is -0.353 e. The highest BCUT2D eigenvalue weighted by molar-refractivity contribution is 7.89. The standard InChI is InChI=1S/C13H23N3O4S/c1-5-12(18)16(6-2)9-11(17)14-10-13(3)7-8-21(19,20)15(13)4/h5H,1,6-10H2,2-4H3,(H,14,17). The molecule has 0 saturated carbocycles. The van der Waals surface area contributed by atoms with Crippen LogP contribution < -0.4 is 5.32 Å². The van der Waals surface area contributed by atoms with Crippen molar-refractivity contribution < 1.29 is 18.0 Å². The molecule has 8 heteroatoms. The highest BCUT2D eigenvalue weighted by atomic mass is 32.2. The zero-order valence-corrected chi connectivity index (χ0v) is 13.6. The number of amides is 2. The molecule has 0 radical (unpaired) electrons. The zero-order chi connectivity index (χ0) is 16.3. The number of likely N-dealkylation sites (N-methyl/N-ethyl adjacent to an activating group) is 2. The highest BCUT2D eigenvalue weighted by Crippen LogP contribution is 2.29. The van der Waals surface area contributed by atoms with Crippen molar-refractivity contribution in [3.8, 4) is 0 Å². The van der Waals surface area contributed by atoms with E-state index in [2.05, 4.69) is 11.9 Å². The molecule has 1 N–H and O–H groups in total. The van der Waals surface area contributed by atoms with Gasteiger partial charge in [0.15, 0.2) is 0 Å². The van der Waals surface area contributed by atoms with Gasteiger partial charge in [0, 0.05) is 20.1 Å². The Hall–Kier alpha value is -1.41. The number of rotatable bonds is 6. The highest BCUT2D eigenvalue weighted by Gasteiger charge is 2.44. The number of hydrogen-bond donors (Lipinski definition) is 1. The molecule has 1 fully saturated rings. The van der Waals surface area contributed by atoms with Crippen molar-refractivity contribution in [3.05, 3.63) is 12.7 Å². The summed E-state index contributed by atoms with van der Waals surface area (Å²) in [5, 5.41) is 2.70. The first-order valence-electron chi connectivity index (χ1n) is 6.81. The summed E-state index contributed by atoms with van der Waals surface area (Å²) in [6, 6.07) is 0. The van der Waals surface area contributed by atoms with E-state index < -0.39 is 15.6 Å². The van der Waals surface area contributed by atoms with E-state index >= 15 is 0 Å². The van der Waals surface area contributed by atoms with Crippen molar-refractivity contribution >= 4 is 21.8 Å². The molecule has 21 heavy (non-hydrogen) atoms. The fourth-order valence-electron chi connectivity index (χ4n) is 2.17. The summed E-state index contributed by atoms with van der Waals surface area (Å²) in [4.78, 5) is 24.7. The quantitative estimate of drug-likeness (QED) is 0.673. The Morgan fingerprint density at radius 3 is 2.52 bits per heavy atom. The van der Waals surface area contributed by atoms with Crippen LogP contribution in [0.5, 0.6) is 0 Å². The maximum absolute atomic E-state index is 11.9. The van der Waals surface area contributed by atoms with Gasteiger partial charge in [0.2, 0.25) is 21.8 Å². The Bertz CT molecular complexity index is 532. The maximum Gasteiger partial charge on any atom is 0.246 e. The van der Waals surface area contributed by atoms with Gasteiger partial charge in [-0.2, -0.15) is 4.31 Å². The number of carbonyl (C=O) groups is 2. The average Bonchev–Trinajstić information content (AvgIpc) is 2.66. The van der Waals surface area contributed by atoms with Crippen LogP contribution in [-0.4, -0.2) is 67.4 Å². The Morgan fingerprint density at radius 1 is 1.48 bits per heavy atom. The molecule has 120 valence electrons. The number of nitrogens with one attached hydrogen (secondary N) is 1. The van der Waals surface area contributed by atoms with Crippen molar-refractivity contribution in [3.63, 3.8) is 0 Å². The molecule has 1 heterocycles. The SMILES string of the molecule is C=CC(=O)N(CC)CC(=O)NCC1(C)CCS(=O)(=O)N1C. The van der Waals surface area contributed by atoms with Gasteiger partial charge in [0.1, 0.15) is 0 Å². The van der Waals surface area contributed by atoms with Crippen molar-refractivity contribution in [1.29, 1.82) is 0 Å². The van der Waals surface area contributed by atoms with E-state index in [4.69, 9.17) is 0 Å². The van der Waals surface area contributed by atoms with Gasteiger partial charge in [-0.25, -0.2) is 8.42 Å². The number of carbonyl (C=O) groups excluding carboxylic acids is 2. The minimum atomic E-state index is -3.22. The average molecular weight is 317 g/mol. The van der Waals surface area contributed by atoms with Crippen LogP contribution in [0.1, 0.15) is 20.3 Å². The maximum atomic E-state index is 11.9. The number of sulfonamides is 1. The Kier molecular flexibility index (Phi) is 5.52. The van der Waals surface area contributed by atoms with Gasteiger partial charge < -0.3 is 10.2 Å². The van der Waals surface area contributed by atoms with Crippen molar-refractivity contribution in [1.82, 2.24) is 14.5 Å². The lowest BCUT2D eigenvalue weighted by atomic mass is 9.99. The van der Waals surface area contributed by atoms with Crippen molar-refractivity contribution in [2.75, 3.05) is 32.4 Å². The van der Waals surface area contributed by atoms with Gasteiger partial charge >= 0.3 is 0 Å². The van der Waals surface area contributed by atoms with Crippen molar-refractivity contribution in [2.24, 2.45) is 0 Å². The van der Waals surface area contributed by atoms with Crippen LogP contribution in [0.4, 0.5) is 0 Å². The van der Waals surface area contributed by atoms with Gasteiger partial charge in [-0.05, 0) is 26.3 Å². The van der Waals surface area contributed by atoms with Gasteiger partial charge in [-0.3, -0.25) is 9.59 Å². The normalized spacial score (nSPS) is 24.5. The molecule has 2 amide bonds. The molecule has 1 aliphatic rings. The van der Waals surface area contributed by atoms with Crippen LogP contribution in [0.3, 0.4) is 0 Å². The minimum absolute atomic E-state index is 0.0616. The first-order chi connectivity index (χ1) is 9.66. The fraction of sp³-hybridized carbons (Fsp3) is 0.692. The molecule has 1 atom stereocenters. The second-order valence-electron chi connectivity index (χ2n) is 5.36. The first-order valence-corrected chi connectivity index (χ1v) is 8.42. The van der Waals surface area contributed by atoms with Crippen LogP contribution >= 0.6 is 0 Å². The summed E-state index contributed by atoms with van der Waals surface area (Å²) in [7, 11) is -1.70.